The summed E-state index contributed by atoms with van der Waals surface area (Å²) in [5, 5.41) is 14.5. The normalized spacial score (nSPS) is 20.4. The molecule has 2 aromatic rings. The second-order valence-corrected chi connectivity index (χ2v) is 8.20. The first-order chi connectivity index (χ1) is 13.7. The van der Waals surface area contributed by atoms with E-state index in [2.05, 4.69) is 5.32 Å². The number of benzene rings is 1. The predicted octanol–water partition coefficient (Wildman–Crippen LogP) is 4.35. The minimum absolute atomic E-state index is 0.105. The van der Waals surface area contributed by atoms with Gasteiger partial charge in [-0.25, -0.2) is 0 Å². The molecule has 0 saturated carbocycles. The number of allylic oxidation sites excluding steroid dienone is 1. The lowest BCUT2D eigenvalue weighted by Gasteiger charge is -2.35. The van der Waals surface area contributed by atoms with Crippen molar-refractivity contribution < 1.29 is 18.9 Å². The number of nitrogens with zero attached hydrogens (tertiary/aromatic N) is 2. The summed E-state index contributed by atoms with van der Waals surface area (Å²) in [5.41, 5.74) is 2.17. The molecule has 0 spiro atoms. The van der Waals surface area contributed by atoms with Gasteiger partial charge in [0.05, 0.1) is 17.4 Å². The van der Waals surface area contributed by atoms with Crippen molar-refractivity contribution in [3.05, 3.63) is 63.5 Å². The Hall–Kier alpha value is -3.42. The zero-order chi connectivity index (χ0) is 20.9. The predicted molar refractivity (Wildman–Crippen MR) is 106 cm³/mol. The van der Waals surface area contributed by atoms with Gasteiger partial charge in [0.1, 0.15) is 16.7 Å². The molecule has 0 fully saturated rings. The zero-order valence-corrected chi connectivity index (χ0v) is 16.4. The van der Waals surface area contributed by atoms with Crippen LogP contribution in [0.25, 0.3) is 0 Å². The van der Waals surface area contributed by atoms with Gasteiger partial charge in [-0.1, -0.05) is 26.0 Å². The number of carbonyl (C=O) groups excluding carboxylic acids is 2. The van der Waals surface area contributed by atoms with E-state index < -0.39 is 16.8 Å². The van der Waals surface area contributed by atoms with Crippen molar-refractivity contribution in [2.75, 3.05) is 10.2 Å². The molecule has 1 aromatic carbocycles. The molecule has 0 unspecified atom stereocenters. The fraction of sp³-hybridized carbons (Fsp3) is 0.333. The molecule has 8 nitrogen and oxygen atoms in total. The van der Waals surface area contributed by atoms with E-state index in [0.717, 1.165) is 0 Å². The lowest BCUT2D eigenvalue weighted by atomic mass is 9.74. The number of nitrogens with one attached hydrogen (secondary N) is 1. The van der Waals surface area contributed by atoms with Gasteiger partial charge in [0.25, 0.3) is 0 Å². The Bertz CT molecular complexity index is 1070. The fourth-order valence-corrected chi connectivity index (χ4v) is 4.19. The number of fused-ring (bicyclic) bond motifs is 1. The lowest BCUT2D eigenvalue weighted by molar-refractivity contribution is -0.402. The van der Waals surface area contributed by atoms with Gasteiger partial charge in [-0.3, -0.25) is 24.6 Å². The fourth-order valence-electron chi connectivity index (χ4n) is 4.19. The maximum atomic E-state index is 13.2. The Labute approximate surface area is 167 Å². The van der Waals surface area contributed by atoms with Gasteiger partial charge in [-0.05, 0) is 30.0 Å². The Balaban J connectivity index is 1.99. The molecular formula is C21H21N3O5. The van der Waals surface area contributed by atoms with Gasteiger partial charge in [-0.2, -0.15) is 0 Å². The summed E-state index contributed by atoms with van der Waals surface area (Å²) in [6.07, 6.45) is 0.919. The number of hydrogen-bond donors (Lipinski definition) is 1. The minimum atomic E-state index is -0.879. The monoisotopic (exact) mass is 395 g/mol. The van der Waals surface area contributed by atoms with Crippen molar-refractivity contribution in [3.8, 4) is 0 Å². The van der Waals surface area contributed by atoms with E-state index in [9.17, 15) is 19.7 Å². The molecule has 8 heteroatoms. The van der Waals surface area contributed by atoms with Crippen molar-refractivity contribution >= 4 is 28.9 Å². The Morgan fingerprint density at radius 1 is 1.24 bits per heavy atom. The first kappa shape index (κ1) is 18.9. The Morgan fingerprint density at radius 2 is 1.97 bits per heavy atom. The highest BCUT2D eigenvalue weighted by Crippen LogP contribution is 2.48. The highest BCUT2D eigenvalue weighted by Gasteiger charge is 2.44. The van der Waals surface area contributed by atoms with Gasteiger partial charge in [-0.15, -0.1) is 0 Å². The number of furan rings is 1. The number of anilines is 2. The zero-order valence-electron chi connectivity index (χ0n) is 16.4. The number of rotatable bonds is 2. The Kier molecular flexibility index (Phi) is 4.29. The lowest BCUT2D eigenvalue weighted by Crippen LogP contribution is -2.38. The van der Waals surface area contributed by atoms with E-state index in [4.69, 9.17) is 4.42 Å². The smallest absolute Gasteiger partial charge is 0.403 e. The topological polar surface area (TPSA) is 106 Å². The van der Waals surface area contributed by atoms with Crippen molar-refractivity contribution in [1.82, 2.24) is 0 Å². The van der Waals surface area contributed by atoms with Crippen LogP contribution in [0.15, 0.2) is 52.1 Å². The quantitative estimate of drug-likeness (QED) is 0.598. The Morgan fingerprint density at radius 3 is 2.62 bits per heavy atom. The first-order valence-corrected chi connectivity index (χ1v) is 9.34. The van der Waals surface area contributed by atoms with Crippen LogP contribution in [0.5, 0.6) is 0 Å². The van der Waals surface area contributed by atoms with Crippen LogP contribution in [0.1, 0.15) is 45.4 Å². The maximum absolute atomic E-state index is 13.2. The summed E-state index contributed by atoms with van der Waals surface area (Å²) in [7, 11) is 0. The third kappa shape index (κ3) is 3.20. The number of hydrogen-bond acceptors (Lipinski definition) is 6. The van der Waals surface area contributed by atoms with Crippen LogP contribution in [0.3, 0.4) is 0 Å². The molecule has 0 bridgehead atoms. The third-order valence-electron chi connectivity index (χ3n) is 5.30. The molecular weight excluding hydrogens is 374 g/mol. The van der Waals surface area contributed by atoms with Crippen LogP contribution in [0.2, 0.25) is 0 Å². The first-order valence-electron chi connectivity index (χ1n) is 9.34. The average molecular weight is 395 g/mol. The standard InChI is InChI=1S/C21H21N3O5/c1-12(25)23-15-7-5-4-6-13(15)22-14-10-21(2,3)11-16(26)19(14)20(23)17-8-9-18(29-17)24(27)28/h4-9,20,22H,10-11H2,1-3H3/t20-/m1/s1. The number of amides is 1. The summed E-state index contributed by atoms with van der Waals surface area (Å²) in [5.74, 6) is -0.646. The number of carbonyl (C=O) groups is 2. The van der Waals surface area contributed by atoms with Crippen molar-refractivity contribution in [1.29, 1.82) is 0 Å². The molecule has 1 atom stereocenters. The highest BCUT2D eigenvalue weighted by molar-refractivity contribution is 6.05. The second kappa shape index (κ2) is 6.58. The van der Waals surface area contributed by atoms with Crippen LogP contribution in [-0.4, -0.2) is 16.6 Å². The minimum Gasteiger partial charge on any atom is -0.403 e. The van der Waals surface area contributed by atoms with E-state index in [1.54, 1.807) is 12.1 Å². The van der Waals surface area contributed by atoms with E-state index in [1.165, 1.54) is 24.0 Å². The summed E-state index contributed by atoms with van der Waals surface area (Å²) in [4.78, 5) is 38.0. The summed E-state index contributed by atoms with van der Waals surface area (Å²) >= 11 is 0. The highest BCUT2D eigenvalue weighted by atomic mass is 16.6. The van der Waals surface area contributed by atoms with E-state index in [-0.39, 0.29) is 22.9 Å². The molecule has 0 saturated heterocycles. The van der Waals surface area contributed by atoms with Gasteiger partial charge in [0.15, 0.2) is 5.78 Å². The summed E-state index contributed by atoms with van der Waals surface area (Å²) in [6.45, 7) is 5.44. The van der Waals surface area contributed by atoms with Crippen molar-refractivity contribution in [2.45, 2.75) is 39.7 Å². The molecule has 1 aromatic heterocycles. The molecule has 2 aliphatic rings. The number of ketones is 1. The number of Topliss-reactive ketones (excluding diaryl/α,β-unsaturated/α-hetero) is 1. The van der Waals surface area contributed by atoms with Crippen LogP contribution in [0, 0.1) is 15.5 Å². The van der Waals surface area contributed by atoms with Gasteiger partial charge in [0, 0.05) is 24.6 Å². The largest absolute Gasteiger partial charge is 0.433 e. The molecule has 1 aliphatic carbocycles. The molecule has 29 heavy (non-hydrogen) atoms. The molecule has 150 valence electrons. The van der Waals surface area contributed by atoms with E-state index >= 15 is 0 Å². The van der Waals surface area contributed by atoms with Crippen molar-refractivity contribution in [3.63, 3.8) is 0 Å². The molecule has 4 rings (SSSR count). The SMILES string of the molecule is CC(=O)N1c2ccccc2NC2=C(C(=O)CC(C)(C)C2)[C@H]1c1ccc([N+](=O)[O-])o1. The van der Waals surface area contributed by atoms with Gasteiger partial charge >= 0.3 is 5.88 Å². The third-order valence-corrected chi connectivity index (χ3v) is 5.30. The summed E-state index contributed by atoms with van der Waals surface area (Å²) in [6, 6.07) is 9.10. The van der Waals surface area contributed by atoms with Crippen LogP contribution in [0.4, 0.5) is 17.3 Å². The molecule has 1 N–H and O–H groups in total. The van der Waals surface area contributed by atoms with Crippen molar-refractivity contribution in [2.24, 2.45) is 5.41 Å². The van der Waals surface area contributed by atoms with Gasteiger partial charge < -0.3 is 9.73 Å². The maximum Gasteiger partial charge on any atom is 0.433 e. The molecule has 2 heterocycles. The average Bonchev–Trinajstić information content (AvgIpc) is 3.05. The summed E-state index contributed by atoms with van der Waals surface area (Å²) < 4.78 is 5.48. The molecule has 1 aliphatic heterocycles. The van der Waals surface area contributed by atoms with Gasteiger partial charge in [0.2, 0.25) is 5.91 Å². The molecule has 0 radical (unpaired) electrons. The number of nitro groups is 1. The number of para-hydroxylation sites is 2. The van der Waals surface area contributed by atoms with Crippen LogP contribution >= 0.6 is 0 Å². The molecule has 1 amide bonds. The van der Waals surface area contributed by atoms with Crippen LogP contribution < -0.4 is 10.2 Å². The van der Waals surface area contributed by atoms with E-state index in [1.807, 2.05) is 26.0 Å². The van der Waals surface area contributed by atoms with E-state index in [0.29, 0.717) is 35.5 Å². The van der Waals surface area contributed by atoms with Crippen LogP contribution in [-0.2, 0) is 9.59 Å². The second-order valence-electron chi connectivity index (χ2n) is 8.20.